The number of hydrogen-bond acceptors (Lipinski definition) is 4. The zero-order valence-electron chi connectivity index (χ0n) is 15.4. The summed E-state index contributed by atoms with van der Waals surface area (Å²) in [6, 6.07) is 11.5. The van der Waals surface area contributed by atoms with Crippen LogP contribution in [0, 0.1) is 5.92 Å². The van der Waals surface area contributed by atoms with E-state index in [0.29, 0.717) is 23.8 Å². The van der Waals surface area contributed by atoms with Gasteiger partial charge in [-0.3, -0.25) is 14.7 Å². The van der Waals surface area contributed by atoms with Crippen molar-refractivity contribution in [2.24, 2.45) is 5.92 Å². The molecule has 0 spiro atoms. The molecule has 1 N–H and O–H groups in total. The third-order valence-electron chi connectivity index (χ3n) is 4.82. The highest BCUT2D eigenvalue weighted by Gasteiger charge is 2.20. The lowest BCUT2D eigenvalue weighted by molar-refractivity contribution is 0.0931. The van der Waals surface area contributed by atoms with E-state index in [9.17, 15) is 4.79 Å². The van der Waals surface area contributed by atoms with Crippen molar-refractivity contribution in [3.05, 3.63) is 59.9 Å². The molecule has 1 aromatic carbocycles. The van der Waals surface area contributed by atoms with Gasteiger partial charge in [-0.05, 0) is 62.5 Å². The van der Waals surface area contributed by atoms with Crippen molar-refractivity contribution in [2.75, 3.05) is 26.2 Å². The fraction of sp³-hybridized carbons (Fsp3) is 0.429. The summed E-state index contributed by atoms with van der Waals surface area (Å²) in [6.45, 7) is 6.28. The summed E-state index contributed by atoms with van der Waals surface area (Å²) >= 11 is 0. The summed E-state index contributed by atoms with van der Waals surface area (Å²) < 4.78 is 5.55. The Balaban J connectivity index is 1.44. The van der Waals surface area contributed by atoms with Gasteiger partial charge in [0.1, 0.15) is 5.75 Å². The Morgan fingerprint density at radius 2 is 2.04 bits per heavy atom. The Bertz CT molecular complexity index is 697. The molecule has 1 saturated heterocycles. The largest absolute Gasteiger partial charge is 0.493 e. The molecule has 2 heterocycles. The molecule has 1 amide bonds. The molecule has 26 heavy (non-hydrogen) atoms. The number of rotatable bonds is 7. The minimum absolute atomic E-state index is 0.0492. The highest BCUT2D eigenvalue weighted by molar-refractivity contribution is 5.96. The van der Waals surface area contributed by atoms with Crippen LogP contribution in [0.1, 0.15) is 35.7 Å². The van der Waals surface area contributed by atoms with Crippen LogP contribution in [0.5, 0.6) is 5.75 Å². The van der Waals surface area contributed by atoms with Crippen molar-refractivity contribution < 1.29 is 9.53 Å². The summed E-state index contributed by atoms with van der Waals surface area (Å²) in [5, 5.41) is 3.08. The van der Waals surface area contributed by atoms with E-state index in [2.05, 4.69) is 21.3 Å². The topological polar surface area (TPSA) is 54.5 Å². The zero-order valence-corrected chi connectivity index (χ0v) is 15.4. The van der Waals surface area contributed by atoms with Crippen LogP contribution in [0.4, 0.5) is 0 Å². The molecule has 1 aliphatic heterocycles. The van der Waals surface area contributed by atoms with Gasteiger partial charge in [0.2, 0.25) is 0 Å². The third kappa shape index (κ3) is 5.05. The van der Waals surface area contributed by atoms with E-state index in [1.165, 1.54) is 5.56 Å². The monoisotopic (exact) mass is 353 g/mol. The van der Waals surface area contributed by atoms with Gasteiger partial charge in [-0.25, -0.2) is 0 Å². The average molecular weight is 353 g/mol. The summed E-state index contributed by atoms with van der Waals surface area (Å²) in [5.74, 6) is 1.13. The number of benzene rings is 1. The van der Waals surface area contributed by atoms with Crippen LogP contribution < -0.4 is 10.1 Å². The van der Waals surface area contributed by atoms with Crippen molar-refractivity contribution in [3.63, 3.8) is 0 Å². The maximum atomic E-state index is 12.5. The number of pyridine rings is 1. The molecule has 0 saturated carbocycles. The molecule has 0 bridgehead atoms. The quantitative estimate of drug-likeness (QED) is 0.831. The highest BCUT2D eigenvalue weighted by atomic mass is 16.5. The van der Waals surface area contributed by atoms with Gasteiger partial charge >= 0.3 is 0 Å². The van der Waals surface area contributed by atoms with Crippen LogP contribution in [-0.2, 0) is 6.54 Å². The molecule has 0 radical (unpaired) electrons. The highest BCUT2D eigenvalue weighted by Crippen LogP contribution is 2.20. The Labute approximate surface area is 155 Å². The lowest BCUT2D eigenvalue weighted by Crippen LogP contribution is -2.38. The second-order valence-corrected chi connectivity index (χ2v) is 6.72. The van der Waals surface area contributed by atoms with Gasteiger partial charge in [-0.1, -0.05) is 18.2 Å². The van der Waals surface area contributed by atoms with Crippen LogP contribution in [0.2, 0.25) is 0 Å². The molecule has 5 heteroatoms. The first-order chi connectivity index (χ1) is 12.8. The molecule has 0 atom stereocenters. The normalized spacial score (nSPS) is 15.6. The number of para-hydroxylation sites is 1. The number of amides is 1. The first-order valence-corrected chi connectivity index (χ1v) is 9.37. The summed E-state index contributed by atoms with van der Waals surface area (Å²) in [7, 11) is 0. The summed E-state index contributed by atoms with van der Waals surface area (Å²) in [6.07, 6.45) is 5.95. The fourth-order valence-corrected chi connectivity index (χ4v) is 3.37. The van der Waals surface area contributed by atoms with E-state index in [4.69, 9.17) is 4.74 Å². The zero-order chi connectivity index (χ0) is 18.2. The first kappa shape index (κ1) is 18.4. The van der Waals surface area contributed by atoms with E-state index in [-0.39, 0.29) is 5.91 Å². The van der Waals surface area contributed by atoms with E-state index in [1.54, 1.807) is 0 Å². The standard InChI is InChI=1S/C21H27N3O2/c1-2-26-20-8-4-3-7-19(20)21(25)23-15-17-9-12-24(13-10-17)16-18-6-5-11-22-14-18/h3-8,11,14,17H,2,9-10,12-13,15-16H2,1H3,(H,23,25). The van der Waals surface area contributed by atoms with Gasteiger partial charge in [0, 0.05) is 25.5 Å². The molecule has 2 aromatic rings. The molecule has 1 aliphatic rings. The number of carbonyl (C=O) groups is 1. The van der Waals surface area contributed by atoms with Crippen molar-refractivity contribution in [3.8, 4) is 5.75 Å². The Morgan fingerprint density at radius 3 is 2.77 bits per heavy atom. The lowest BCUT2D eigenvalue weighted by Gasteiger charge is -2.32. The molecule has 0 unspecified atom stereocenters. The second kappa shape index (κ2) is 9.34. The Morgan fingerprint density at radius 1 is 1.23 bits per heavy atom. The van der Waals surface area contributed by atoms with Gasteiger partial charge in [0.05, 0.1) is 12.2 Å². The number of nitrogens with zero attached hydrogens (tertiary/aromatic N) is 2. The molecular formula is C21H27N3O2. The van der Waals surface area contributed by atoms with Crippen LogP contribution in [0.3, 0.4) is 0 Å². The van der Waals surface area contributed by atoms with Crippen LogP contribution in [0.15, 0.2) is 48.8 Å². The van der Waals surface area contributed by atoms with Crippen LogP contribution in [-0.4, -0.2) is 42.0 Å². The van der Waals surface area contributed by atoms with Gasteiger partial charge in [0.15, 0.2) is 0 Å². The minimum Gasteiger partial charge on any atom is -0.493 e. The third-order valence-corrected chi connectivity index (χ3v) is 4.82. The van der Waals surface area contributed by atoms with E-state index in [1.807, 2.05) is 49.6 Å². The number of likely N-dealkylation sites (tertiary alicyclic amines) is 1. The molecule has 3 rings (SSSR count). The van der Waals surface area contributed by atoms with E-state index >= 15 is 0 Å². The van der Waals surface area contributed by atoms with Gasteiger partial charge in [-0.2, -0.15) is 0 Å². The Kier molecular flexibility index (Phi) is 6.61. The Hall–Kier alpha value is -2.40. The maximum absolute atomic E-state index is 12.5. The molecule has 138 valence electrons. The molecular weight excluding hydrogens is 326 g/mol. The van der Waals surface area contributed by atoms with Crippen molar-refractivity contribution >= 4 is 5.91 Å². The SMILES string of the molecule is CCOc1ccccc1C(=O)NCC1CCN(Cc2cccnc2)CC1. The molecule has 1 aromatic heterocycles. The molecule has 0 aliphatic carbocycles. The maximum Gasteiger partial charge on any atom is 0.255 e. The first-order valence-electron chi connectivity index (χ1n) is 9.37. The number of carbonyl (C=O) groups excluding carboxylic acids is 1. The molecule has 1 fully saturated rings. The molecule has 5 nitrogen and oxygen atoms in total. The average Bonchev–Trinajstić information content (AvgIpc) is 2.69. The van der Waals surface area contributed by atoms with Gasteiger partial charge < -0.3 is 10.1 Å². The predicted octanol–water partition coefficient (Wildman–Crippen LogP) is 3.12. The van der Waals surface area contributed by atoms with Crippen molar-refractivity contribution in [1.82, 2.24) is 15.2 Å². The summed E-state index contributed by atoms with van der Waals surface area (Å²) in [4.78, 5) is 19.1. The number of nitrogens with one attached hydrogen (secondary N) is 1. The van der Waals surface area contributed by atoms with Gasteiger partial charge in [0.25, 0.3) is 5.91 Å². The summed E-state index contributed by atoms with van der Waals surface area (Å²) in [5.41, 5.74) is 1.87. The minimum atomic E-state index is -0.0492. The fourth-order valence-electron chi connectivity index (χ4n) is 3.37. The van der Waals surface area contributed by atoms with E-state index in [0.717, 1.165) is 39.0 Å². The van der Waals surface area contributed by atoms with Crippen LogP contribution >= 0.6 is 0 Å². The van der Waals surface area contributed by atoms with Crippen LogP contribution in [0.25, 0.3) is 0 Å². The number of piperidine rings is 1. The lowest BCUT2D eigenvalue weighted by atomic mass is 9.96. The number of aromatic nitrogens is 1. The van der Waals surface area contributed by atoms with Gasteiger partial charge in [-0.15, -0.1) is 0 Å². The predicted molar refractivity (Wildman–Crippen MR) is 102 cm³/mol. The van der Waals surface area contributed by atoms with E-state index < -0.39 is 0 Å². The number of ether oxygens (including phenoxy) is 1. The second-order valence-electron chi connectivity index (χ2n) is 6.72. The van der Waals surface area contributed by atoms with Crippen molar-refractivity contribution in [2.45, 2.75) is 26.3 Å². The smallest absolute Gasteiger partial charge is 0.255 e. The number of hydrogen-bond donors (Lipinski definition) is 1. The van der Waals surface area contributed by atoms with Crippen molar-refractivity contribution in [1.29, 1.82) is 0 Å².